The van der Waals surface area contributed by atoms with Gasteiger partial charge in [0.15, 0.2) is 0 Å². The van der Waals surface area contributed by atoms with Gasteiger partial charge >= 0.3 is 320 Å². The van der Waals surface area contributed by atoms with Gasteiger partial charge in [-0.3, -0.25) is 0 Å². The first-order chi connectivity index (χ1) is 24.6. The molecule has 0 N–H and O–H groups in total. The Morgan fingerprint density at radius 1 is 0.538 bits per heavy atom. The van der Waals surface area contributed by atoms with Crippen LogP contribution in [0.1, 0.15) is 89.7 Å². The van der Waals surface area contributed by atoms with E-state index in [4.69, 9.17) is 17.2 Å². The maximum atomic E-state index is 9.11. The minimum atomic E-state index is -5.82. The number of aryl methyl sites for hydroxylation is 2. The molecule has 0 radical (unpaired) electrons. The van der Waals surface area contributed by atoms with E-state index in [1.807, 2.05) is 0 Å². The standard InChI is InChI=1S/C23H29.C21H14.C5H5.2ClH.Hf/c1-14-9-16-11-17-10-15(2)21(23(6,7)8)13-19(17)18(16)12-20(14)22(3,4)5;1-3-13-20-16(7-1)9-5-11-18(20)15-19-12-6-10-17-8-2-4-14-21(17)19;1-2-4-5-3-1;;;/h9-13H,1-8H3;1-14H;1-5H;2*1H;/q;;;;;+2/p-2. The molecule has 0 nitrogen and oxygen atoms in total. The molecule has 3 heteroatoms. The monoisotopic (exact) mass is 886 g/mol. The molecule has 6 aromatic carbocycles. The summed E-state index contributed by atoms with van der Waals surface area (Å²) in [5.41, 5.74) is 12.7. The Morgan fingerprint density at radius 2 is 0.942 bits per heavy atom. The number of halogens is 2. The van der Waals surface area contributed by atoms with E-state index in [0.29, 0.717) is 0 Å². The molecule has 0 saturated heterocycles. The Labute approximate surface area is 317 Å². The predicted molar refractivity (Wildman–Crippen MR) is 225 cm³/mol. The Bertz CT molecular complexity index is 2400. The van der Waals surface area contributed by atoms with E-state index < -0.39 is 15.7 Å². The van der Waals surface area contributed by atoms with E-state index in [1.54, 1.807) is 0 Å². The molecule has 0 aliphatic heterocycles. The number of hydrogen-bond acceptors (Lipinski definition) is 0. The molecule has 0 amide bonds. The van der Waals surface area contributed by atoms with E-state index in [2.05, 4.69) is 189 Å². The number of benzene rings is 6. The van der Waals surface area contributed by atoms with Gasteiger partial charge in [-0.1, -0.05) is 0 Å². The fraction of sp³-hybridized carbons (Fsp3) is 0.245. The third kappa shape index (κ3) is 5.44. The van der Waals surface area contributed by atoms with Crippen molar-refractivity contribution in [3.8, 4) is 11.1 Å². The van der Waals surface area contributed by atoms with Gasteiger partial charge in [-0.25, -0.2) is 0 Å². The molecule has 0 aromatic heterocycles. The minimum absolute atomic E-state index is 0.0181. The fourth-order valence-electron chi connectivity index (χ4n) is 9.59. The molecule has 0 saturated carbocycles. The zero-order valence-electron chi connectivity index (χ0n) is 31.6. The zero-order chi connectivity index (χ0) is 36.8. The molecule has 52 heavy (non-hydrogen) atoms. The van der Waals surface area contributed by atoms with Gasteiger partial charge in [0.05, 0.1) is 0 Å². The first-order valence-electron chi connectivity index (χ1n) is 18.7. The SMILES string of the molecule is Cc1cc2c(cc1C(C)(C)C)-c1cc(C(C)(C)C)c(C)cc1[CH]2[Hf]([Cl])([Cl])(=[C](c1cccc2ccccc12)c1cccc2ccccc12)[CH]1C=CC=C1. The van der Waals surface area contributed by atoms with Crippen LogP contribution in [-0.4, -0.2) is 3.26 Å². The summed E-state index contributed by atoms with van der Waals surface area (Å²) in [6.45, 7) is 18.5. The van der Waals surface area contributed by atoms with Gasteiger partial charge in [0, 0.05) is 0 Å². The van der Waals surface area contributed by atoms with Gasteiger partial charge in [0.25, 0.3) is 0 Å². The third-order valence-corrected chi connectivity index (χ3v) is 39.8. The van der Waals surface area contributed by atoms with Crippen LogP contribution in [0.4, 0.5) is 0 Å². The molecule has 0 heterocycles. The predicted octanol–water partition coefficient (Wildman–Crippen LogP) is 14.5. The van der Waals surface area contributed by atoms with E-state index in [1.165, 1.54) is 66.1 Å². The third-order valence-electron chi connectivity index (χ3n) is 11.8. The van der Waals surface area contributed by atoms with Crippen LogP contribution in [0.2, 0.25) is 3.67 Å². The van der Waals surface area contributed by atoms with Gasteiger partial charge < -0.3 is 0 Å². The van der Waals surface area contributed by atoms with Crippen LogP contribution in [0, 0.1) is 13.8 Å². The van der Waals surface area contributed by atoms with Crippen LogP contribution in [0.3, 0.4) is 0 Å². The zero-order valence-corrected chi connectivity index (χ0v) is 36.7. The van der Waals surface area contributed by atoms with Crippen LogP contribution in [0.5, 0.6) is 0 Å². The first-order valence-corrected chi connectivity index (χ1v) is 33.5. The molecular weight excluding hydrogens is 838 g/mol. The van der Waals surface area contributed by atoms with E-state index in [-0.39, 0.29) is 18.2 Å². The molecule has 0 bridgehead atoms. The van der Waals surface area contributed by atoms with Crippen molar-refractivity contribution >= 4 is 42.0 Å². The van der Waals surface area contributed by atoms with Gasteiger partial charge in [-0.05, 0) is 0 Å². The van der Waals surface area contributed by atoms with Gasteiger partial charge in [0.1, 0.15) is 0 Å². The number of fused-ring (bicyclic) bond motifs is 5. The van der Waals surface area contributed by atoms with Gasteiger partial charge in [-0.2, -0.15) is 0 Å². The van der Waals surface area contributed by atoms with Crippen molar-refractivity contribution in [3.63, 3.8) is 0 Å². The summed E-state index contributed by atoms with van der Waals surface area (Å²) in [5, 5.41) is 4.73. The molecule has 8 rings (SSSR count). The van der Waals surface area contributed by atoms with Crippen molar-refractivity contribution in [2.24, 2.45) is 0 Å². The summed E-state index contributed by atoms with van der Waals surface area (Å²) in [5.74, 6) is 0. The van der Waals surface area contributed by atoms with Crippen molar-refractivity contribution in [1.82, 2.24) is 0 Å². The second kappa shape index (κ2) is 12.3. The fourth-order valence-corrected chi connectivity index (χ4v) is 37.2. The summed E-state index contributed by atoms with van der Waals surface area (Å²) in [4.78, 5) is 0. The Morgan fingerprint density at radius 3 is 1.37 bits per heavy atom. The van der Waals surface area contributed by atoms with E-state index in [9.17, 15) is 0 Å². The van der Waals surface area contributed by atoms with Crippen molar-refractivity contribution in [2.75, 3.05) is 0 Å². The number of allylic oxidation sites excluding steroid dienone is 4. The Hall–Kier alpha value is -3.36. The van der Waals surface area contributed by atoms with Crippen LogP contribution in [0.15, 0.2) is 133 Å². The molecule has 0 atom stereocenters. The van der Waals surface area contributed by atoms with Gasteiger partial charge in [0.2, 0.25) is 0 Å². The second-order valence-corrected chi connectivity index (χ2v) is 46.8. The van der Waals surface area contributed by atoms with Crippen LogP contribution in [0.25, 0.3) is 32.7 Å². The van der Waals surface area contributed by atoms with Crippen molar-refractivity contribution in [3.05, 3.63) is 178 Å². The Balaban J connectivity index is 1.64. The first kappa shape index (κ1) is 35.7. The van der Waals surface area contributed by atoms with Crippen molar-refractivity contribution < 1.29 is 15.7 Å². The number of hydrogen-bond donors (Lipinski definition) is 0. The quantitative estimate of drug-likeness (QED) is 0.155. The molecule has 262 valence electrons. The molecule has 6 aromatic rings. The topological polar surface area (TPSA) is 0 Å². The molecule has 2 aliphatic rings. The van der Waals surface area contributed by atoms with E-state index >= 15 is 0 Å². The van der Waals surface area contributed by atoms with Crippen LogP contribution in [-0.2, 0) is 26.5 Å². The number of rotatable bonds is 4. The second-order valence-electron chi connectivity index (χ2n) is 17.3. The summed E-state index contributed by atoms with van der Waals surface area (Å²) in [6.07, 6.45) is 8.92. The molecule has 0 fully saturated rings. The Kier molecular flexibility index (Phi) is 8.46. The molecule has 0 spiro atoms. The van der Waals surface area contributed by atoms with Crippen LogP contribution >= 0.6 is 17.2 Å². The summed E-state index contributed by atoms with van der Waals surface area (Å²) < 4.78 is 0.840. The van der Waals surface area contributed by atoms with Crippen molar-refractivity contribution in [1.29, 1.82) is 0 Å². The average molecular weight is 886 g/mol. The summed E-state index contributed by atoms with van der Waals surface area (Å²) in [6, 6.07) is 40.6. The summed E-state index contributed by atoms with van der Waals surface area (Å²) in [7, 11) is 18.2. The van der Waals surface area contributed by atoms with Gasteiger partial charge in [-0.15, -0.1) is 0 Å². The van der Waals surface area contributed by atoms with Crippen LogP contribution < -0.4 is 0 Å². The normalized spacial score (nSPS) is 15.1. The van der Waals surface area contributed by atoms with Crippen molar-refractivity contribution in [2.45, 2.75) is 73.6 Å². The molecule has 0 unspecified atom stereocenters. The average Bonchev–Trinajstić information content (AvgIpc) is 3.75. The molecular formula is C49H48Cl2Hf. The maximum absolute atomic E-state index is 9.11. The van der Waals surface area contributed by atoms with E-state index in [0.717, 1.165) is 14.4 Å². The summed E-state index contributed by atoms with van der Waals surface area (Å²) >= 11 is -5.82. The molecule has 2 aliphatic carbocycles.